The highest BCUT2D eigenvalue weighted by molar-refractivity contribution is 5.96. The van der Waals surface area contributed by atoms with E-state index in [9.17, 15) is 14.0 Å². The summed E-state index contributed by atoms with van der Waals surface area (Å²) in [6, 6.07) is 2.53. The number of rotatable bonds is 4. The Labute approximate surface area is 122 Å². The largest absolute Gasteiger partial charge is 0.462 e. The van der Waals surface area contributed by atoms with Crippen molar-refractivity contribution in [1.29, 1.82) is 0 Å². The van der Waals surface area contributed by atoms with Crippen molar-refractivity contribution in [3.05, 3.63) is 29.1 Å². The molecule has 1 heterocycles. The summed E-state index contributed by atoms with van der Waals surface area (Å²) in [4.78, 5) is 23.8. The lowest BCUT2D eigenvalue weighted by molar-refractivity contribution is -0.119. The number of hydrogen-bond donors (Lipinski definition) is 1. The number of aryl methyl sites for hydroxylation is 1. The number of carbonyl (C=O) groups excluding carboxylic acids is 2. The van der Waals surface area contributed by atoms with Gasteiger partial charge in [0.15, 0.2) is 0 Å². The number of ether oxygens (including phenoxy) is 2. The average molecular weight is 295 g/mol. The van der Waals surface area contributed by atoms with Gasteiger partial charge in [-0.05, 0) is 38.0 Å². The molecule has 1 saturated heterocycles. The molecule has 1 aromatic carbocycles. The average Bonchev–Trinajstić information content (AvgIpc) is 2.96. The van der Waals surface area contributed by atoms with E-state index in [0.717, 1.165) is 0 Å². The molecule has 1 N–H and O–H groups in total. The number of carbonyl (C=O) groups is 2. The van der Waals surface area contributed by atoms with Gasteiger partial charge in [-0.2, -0.15) is 0 Å². The second-order valence-corrected chi connectivity index (χ2v) is 4.92. The highest BCUT2D eigenvalue weighted by atomic mass is 19.1. The maximum absolute atomic E-state index is 13.9. The standard InChI is InChI=1S/C15H18FNO4/c1-3-21-15(19)11-7-13(12(16)6-9(11)2)17-14(18)10-4-5-20-8-10/h6-7,10H,3-5,8H2,1-2H3,(H,17,18). The van der Waals surface area contributed by atoms with Crippen LogP contribution in [0.5, 0.6) is 0 Å². The Bertz CT molecular complexity index is 553. The Morgan fingerprint density at radius 2 is 2.24 bits per heavy atom. The Balaban J connectivity index is 2.20. The number of nitrogens with one attached hydrogen (secondary N) is 1. The van der Waals surface area contributed by atoms with E-state index in [-0.39, 0.29) is 29.7 Å². The number of esters is 1. The fraction of sp³-hybridized carbons (Fsp3) is 0.467. The van der Waals surface area contributed by atoms with Crippen molar-refractivity contribution in [2.45, 2.75) is 20.3 Å². The molecule has 1 aromatic rings. The van der Waals surface area contributed by atoms with Crippen molar-refractivity contribution in [2.24, 2.45) is 5.92 Å². The zero-order valence-corrected chi connectivity index (χ0v) is 12.1. The molecular formula is C15H18FNO4. The van der Waals surface area contributed by atoms with E-state index in [1.165, 1.54) is 12.1 Å². The lowest BCUT2D eigenvalue weighted by Gasteiger charge is -2.13. The van der Waals surface area contributed by atoms with Gasteiger partial charge < -0.3 is 14.8 Å². The van der Waals surface area contributed by atoms with Crippen LogP contribution >= 0.6 is 0 Å². The van der Waals surface area contributed by atoms with Crippen LogP contribution in [-0.2, 0) is 14.3 Å². The summed E-state index contributed by atoms with van der Waals surface area (Å²) in [5.41, 5.74) is 0.699. The summed E-state index contributed by atoms with van der Waals surface area (Å²) in [5, 5.41) is 2.52. The van der Waals surface area contributed by atoms with Crippen molar-refractivity contribution in [2.75, 3.05) is 25.1 Å². The van der Waals surface area contributed by atoms with Crippen LogP contribution in [0.25, 0.3) is 0 Å². The van der Waals surface area contributed by atoms with Crippen molar-refractivity contribution in [1.82, 2.24) is 0 Å². The van der Waals surface area contributed by atoms with Gasteiger partial charge >= 0.3 is 5.97 Å². The van der Waals surface area contributed by atoms with Gasteiger partial charge in [-0.3, -0.25) is 4.79 Å². The Morgan fingerprint density at radius 1 is 1.48 bits per heavy atom. The first-order chi connectivity index (χ1) is 10.0. The van der Waals surface area contributed by atoms with Crippen LogP contribution in [0.2, 0.25) is 0 Å². The van der Waals surface area contributed by atoms with Crippen LogP contribution in [0.4, 0.5) is 10.1 Å². The molecule has 0 bridgehead atoms. The number of anilines is 1. The summed E-state index contributed by atoms with van der Waals surface area (Å²) in [5.74, 6) is -1.69. The first-order valence-electron chi connectivity index (χ1n) is 6.88. The molecule has 1 amide bonds. The quantitative estimate of drug-likeness (QED) is 0.866. The zero-order chi connectivity index (χ0) is 15.4. The molecule has 0 radical (unpaired) electrons. The number of halogens is 1. The molecule has 0 aromatic heterocycles. The topological polar surface area (TPSA) is 64.6 Å². The Hall–Kier alpha value is -1.95. The molecule has 1 aliphatic rings. The molecular weight excluding hydrogens is 277 g/mol. The van der Waals surface area contributed by atoms with E-state index in [1.54, 1.807) is 13.8 Å². The van der Waals surface area contributed by atoms with Gasteiger partial charge in [-0.25, -0.2) is 9.18 Å². The molecule has 0 spiro atoms. The third-order valence-corrected chi connectivity index (χ3v) is 3.37. The van der Waals surface area contributed by atoms with E-state index < -0.39 is 11.8 Å². The molecule has 1 aliphatic heterocycles. The normalized spacial score (nSPS) is 17.6. The van der Waals surface area contributed by atoms with E-state index in [0.29, 0.717) is 25.2 Å². The maximum Gasteiger partial charge on any atom is 0.338 e. The number of hydrogen-bond acceptors (Lipinski definition) is 4. The molecule has 2 rings (SSSR count). The molecule has 114 valence electrons. The molecule has 6 heteroatoms. The van der Waals surface area contributed by atoms with Crippen LogP contribution < -0.4 is 5.32 Å². The van der Waals surface area contributed by atoms with Crippen LogP contribution in [-0.4, -0.2) is 31.7 Å². The minimum atomic E-state index is -0.576. The smallest absolute Gasteiger partial charge is 0.338 e. The molecule has 21 heavy (non-hydrogen) atoms. The number of amides is 1. The predicted octanol–water partition coefficient (Wildman–Crippen LogP) is 2.29. The van der Waals surface area contributed by atoms with Gasteiger partial charge in [-0.1, -0.05) is 0 Å². The minimum absolute atomic E-state index is 0.0134. The van der Waals surface area contributed by atoms with Gasteiger partial charge in [-0.15, -0.1) is 0 Å². The highest BCUT2D eigenvalue weighted by Crippen LogP contribution is 2.23. The Kier molecular flexibility index (Phi) is 4.90. The lowest BCUT2D eigenvalue weighted by Crippen LogP contribution is -2.23. The fourth-order valence-corrected chi connectivity index (χ4v) is 2.17. The third-order valence-electron chi connectivity index (χ3n) is 3.37. The summed E-state index contributed by atoms with van der Waals surface area (Å²) in [6.07, 6.45) is 0.615. The number of benzene rings is 1. The minimum Gasteiger partial charge on any atom is -0.462 e. The summed E-state index contributed by atoms with van der Waals surface area (Å²) in [6.45, 7) is 4.41. The monoisotopic (exact) mass is 295 g/mol. The first kappa shape index (κ1) is 15.4. The lowest BCUT2D eigenvalue weighted by atomic mass is 10.1. The van der Waals surface area contributed by atoms with Crippen LogP contribution in [0, 0.1) is 18.7 Å². The van der Waals surface area contributed by atoms with E-state index >= 15 is 0 Å². The van der Waals surface area contributed by atoms with Gasteiger partial charge in [0.2, 0.25) is 5.91 Å². The molecule has 0 saturated carbocycles. The molecule has 5 nitrogen and oxygen atoms in total. The van der Waals surface area contributed by atoms with Gasteiger partial charge in [0, 0.05) is 6.61 Å². The van der Waals surface area contributed by atoms with Crippen molar-refractivity contribution < 1.29 is 23.5 Å². The summed E-state index contributed by atoms with van der Waals surface area (Å²) in [7, 11) is 0. The second-order valence-electron chi connectivity index (χ2n) is 4.92. The molecule has 0 aliphatic carbocycles. The van der Waals surface area contributed by atoms with Crippen LogP contribution in [0.1, 0.15) is 29.3 Å². The van der Waals surface area contributed by atoms with Gasteiger partial charge in [0.25, 0.3) is 0 Å². The zero-order valence-electron chi connectivity index (χ0n) is 12.1. The fourth-order valence-electron chi connectivity index (χ4n) is 2.17. The van der Waals surface area contributed by atoms with E-state index in [1.807, 2.05) is 0 Å². The predicted molar refractivity (Wildman–Crippen MR) is 74.6 cm³/mol. The SMILES string of the molecule is CCOC(=O)c1cc(NC(=O)C2CCOC2)c(F)cc1C. The molecule has 1 atom stereocenters. The Morgan fingerprint density at radius 3 is 2.86 bits per heavy atom. The summed E-state index contributed by atoms with van der Waals surface area (Å²) >= 11 is 0. The van der Waals surface area contributed by atoms with Crippen molar-refractivity contribution >= 4 is 17.6 Å². The van der Waals surface area contributed by atoms with Crippen LogP contribution in [0.15, 0.2) is 12.1 Å². The molecule has 1 unspecified atom stereocenters. The van der Waals surface area contributed by atoms with Crippen LogP contribution in [0.3, 0.4) is 0 Å². The molecule has 1 fully saturated rings. The van der Waals surface area contributed by atoms with E-state index in [4.69, 9.17) is 9.47 Å². The van der Waals surface area contributed by atoms with Gasteiger partial charge in [0.1, 0.15) is 5.82 Å². The first-order valence-corrected chi connectivity index (χ1v) is 6.88. The van der Waals surface area contributed by atoms with Crippen molar-refractivity contribution in [3.8, 4) is 0 Å². The summed E-state index contributed by atoms with van der Waals surface area (Å²) < 4.78 is 24.0. The maximum atomic E-state index is 13.9. The highest BCUT2D eigenvalue weighted by Gasteiger charge is 2.25. The third kappa shape index (κ3) is 3.58. The van der Waals surface area contributed by atoms with E-state index in [2.05, 4.69) is 5.32 Å². The second kappa shape index (κ2) is 6.67. The van der Waals surface area contributed by atoms with Crippen molar-refractivity contribution in [3.63, 3.8) is 0 Å². The van der Waals surface area contributed by atoms with Gasteiger partial charge in [0.05, 0.1) is 30.4 Å².